The molecule has 0 N–H and O–H groups in total. The minimum atomic E-state index is 0.102. The molecule has 3 nitrogen and oxygen atoms in total. The van der Waals surface area contributed by atoms with E-state index in [-0.39, 0.29) is 5.56 Å². The summed E-state index contributed by atoms with van der Waals surface area (Å²) in [6, 6.07) is 2.22. The van der Waals surface area contributed by atoms with Crippen LogP contribution in [-0.2, 0) is 12.8 Å². The molecule has 15 heavy (non-hydrogen) atoms. The van der Waals surface area contributed by atoms with E-state index in [0.29, 0.717) is 12.0 Å². The molecule has 0 bridgehead atoms. The third-order valence-electron chi connectivity index (χ3n) is 3.46. The van der Waals surface area contributed by atoms with Gasteiger partial charge < -0.3 is 0 Å². The molecule has 0 aromatic carbocycles. The molecule has 3 heteroatoms. The number of aryl methyl sites for hydroxylation is 1. The second-order valence-corrected chi connectivity index (χ2v) is 4.98. The van der Waals surface area contributed by atoms with Crippen LogP contribution in [0.25, 0.3) is 0 Å². The Labute approximate surface area is 89.1 Å². The minimum Gasteiger partial charge on any atom is -0.268 e. The molecule has 1 aromatic rings. The maximum Gasteiger partial charge on any atom is 0.267 e. The molecule has 2 aliphatic carbocycles. The average Bonchev–Trinajstić information content (AvgIpc) is 3.00. The van der Waals surface area contributed by atoms with Crippen molar-refractivity contribution in [2.24, 2.45) is 5.92 Å². The number of fused-ring (bicyclic) bond motifs is 1. The third kappa shape index (κ3) is 1.60. The number of nitrogens with zero attached hydrogens (tertiary/aromatic N) is 2. The lowest BCUT2D eigenvalue weighted by Crippen LogP contribution is -2.26. The largest absolute Gasteiger partial charge is 0.268 e. The van der Waals surface area contributed by atoms with E-state index >= 15 is 0 Å². The van der Waals surface area contributed by atoms with Crippen LogP contribution >= 0.6 is 0 Å². The van der Waals surface area contributed by atoms with Crippen LogP contribution in [-0.4, -0.2) is 9.78 Å². The second kappa shape index (κ2) is 3.19. The summed E-state index contributed by atoms with van der Waals surface area (Å²) in [5, 5.41) is 4.51. The highest BCUT2D eigenvalue weighted by Crippen LogP contribution is 2.33. The van der Waals surface area contributed by atoms with Crippen LogP contribution < -0.4 is 5.56 Å². The lowest BCUT2D eigenvalue weighted by molar-refractivity contribution is 0.470. The molecule has 1 heterocycles. The summed E-state index contributed by atoms with van der Waals surface area (Å²) < 4.78 is 1.70. The quantitative estimate of drug-likeness (QED) is 0.698. The van der Waals surface area contributed by atoms with E-state index in [9.17, 15) is 4.79 Å². The molecule has 0 aliphatic heterocycles. The van der Waals surface area contributed by atoms with Gasteiger partial charge in [0.05, 0.1) is 11.7 Å². The molecule has 80 valence electrons. The predicted molar refractivity (Wildman–Crippen MR) is 58.0 cm³/mol. The van der Waals surface area contributed by atoms with Gasteiger partial charge in [0.25, 0.3) is 5.56 Å². The van der Waals surface area contributed by atoms with Crippen LogP contribution in [0.2, 0.25) is 0 Å². The Morgan fingerprint density at radius 2 is 2.20 bits per heavy atom. The van der Waals surface area contributed by atoms with E-state index in [1.165, 1.54) is 17.7 Å². The normalized spacial score (nSPS) is 25.0. The fraction of sp³-hybridized carbons (Fsp3) is 0.667. The first kappa shape index (κ1) is 9.13. The smallest absolute Gasteiger partial charge is 0.267 e. The van der Waals surface area contributed by atoms with Gasteiger partial charge >= 0.3 is 0 Å². The molecular formula is C12H16N2O. The summed E-state index contributed by atoms with van der Waals surface area (Å²) in [6.45, 7) is 2.25. The molecule has 0 radical (unpaired) electrons. The molecule has 1 fully saturated rings. The Hall–Kier alpha value is -1.12. The summed E-state index contributed by atoms with van der Waals surface area (Å²) >= 11 is 0. The summed E-state index contributed by atoms with van der Waals surface area (Å²) in [6.07, 6.45) is 5.54. The fourth-order valence-corrected chi connectivity index (χ4v) is 2.37. The molecule has 1 aromatic heterocycles. The van der Waals surface area contributed by atoms with Gasteiger partial charge in [-0.3, -0.25) is 4.79 Å². The van der Waals surface area contributed by atoms with Gasteiger partial charge in [-0.1, -0.05) is 6.92 Å². The first-order chi connectivity index (χ1) is 7.24. The highest BCUT2D eigenvalue weighted by molar-refractivity contribution is 5.21. The third-order valence-corrected chi connectivity index (χ3v) is 3.46. The van der Waals surface area contributed by atoms with E-state index in [1.54, 1.807) is 4.68 Å². The Kier molecular flexibility index (Phi) is 1.94. The number of hydrogen-bond donors (Lipinski definition) is 0. The van der Waals surface area contributed by atoms with Gasteiger partial charge in [0.2, 0.25) is 0 Å². The lowest BCUT2D eigenvalue weighted by atomic mass is 9.88. The number of rotatable bonds is 1. The lowest BCUT2D eigenvalue weighted by Gasteiger charge is -2.20. The van der Waals surface area contributed by atoms with E-state index in [0.717, 1.165) is 25.7 Å². The van der Waals surface area contributed by atoms with E-state index in [1.807, 2.05) is 6.07 Å². The molecule has 1 saturated carbocycles. The van der Waals surface area contributed by atoms with Crippen LogP contribution in [0.1, 0.15) is 43.5 Å². The number of aromatic nitrogens is 2. The van der Waals surface area contributed by atoms with Crippen molar-refractivity contribution in [3.05, 3.63) is 27.7 Å². The van der Waals surface area contributed by atoms with Crippen molar-refractivity contribution in [1.82, 2.24) is 9.78 Å². The van der Waals surface area contributed by atoms with Gasteiger partial charge in [0, 0.05) is 6.07 Å². The Bertz CT molecular complexity index is 445. The molecule has 3 rings (SSSR count). The Morgan fingerprint density at radius 3 is 2.93 bits per heavy atom. The van der Waals surface area contributed by atoms with E-state index in [2.05, 4.69) is 12.0 Å². The van der Waals surface area contributed by atoms with Gasteiger partial charge in [-0.15, -0.1) is 0 Å². The van der Waals surface area contributed by atoms with Gasteiger partial charge in [-0.25, -0.2) is 4.68 Å². The highest BCUT2D eigenvalue weighted by atomic mass is 16.1. The SMILES string of the molecule is CC1CCc2nn(C3CC3)c(=O)cc2C1. The summed E-state index contributed by atoms with van der Waals surface area (Å²) in [5.74, 6) is 0.704. The summed E-state index contributed by atoms with van der Waals surface area (Å²) in [4.78, 5) is 11.8. The maximum atomic E-state index is 11.8. The van der Waals surface area contributed by atoms with Gasteiger partial charge in [-0.2, -0.15) is 5.10 Å². The minimum absolute atomic E-state index is 0.102. The van der Waals surface area contributed by atoms with E-state index in [4.69, 9.17) is 0 Å². The standard InChI is InChI=1S/C12H16N2O/c1-8-2-5-11-9(6-8)7-12(15)14(13-11)10-3-4-10/h7-8,10H,2-6H2,1H3. The predicted octanol–water partition coefficient (Wildman–Crippen LogP) is 1.70. The molecule has 1 unspecified atom stereocenters. The second-order valence-electron chi connectivity index (χ2n) is 4.98. The summed E-state index contributed by atoms with van der Waals surface area (Å²) in [7, 11) is 0. The Morgan fingerprint density at radius 1 is 1.40 bits per heavy atom. The maximum absolute atomic E-state index is 11.8. The fourth-order valence-electron chi connectivity index (χ4n) is 2.37. The monoisotopic (exact) mass is 204 g/mol. The van der Waals surface area contributed by atoms with Crippen LogP contribution in [0.4, 0.5) is 0 Å². The highest BCUT2D eigenvalue weighted by Gasteiger charge is 2.27. The topological polar surface area (TPSA) is 34.9 Å². The van der Waals surface area contributed by atoms with Crippen LogP contribution in [0.15, 0.2) is 10.9 Å². The van der Waals surface area contributed by atoms with Gasteiger partial charge in [0.1, 0.15) is 0 Å². The van der Waals surface area contributed by atoms with Crippen molar-refractivity contribution in [2.75, 3.05) is 0 Å². The van der Waals surface area contributed by atoms with Crippen molar-refractivity contribution < 1.29 is 0 Å². The molecule has 0 amide bonds. The first-order valence-electron chi connectivity index (χ1n) is 5.85. The van der Waals surface area contributed by atoms with Crippen molar-refractivity contribution in [3.63, 3.8) is 0 Å². The Balaban J connectivity index is 2.05. The van der Waals surface area contributed by atoms with Gasteiger partial charge in [0.15, 0.2) is 0 Å². The zero-order chi connectivity index (χ0) is 10.4. The van der Waals surface area contributed by atoms with Crippen molar-refractivity contribution in [3.8, 4) is 0 Å². The molecule has 0 spiro atoms. The zero-order valence-corrected chi connectivity index (χ0v) is 9.07. The molecule has 2 aliphatic rings. The number of hydrogen-bond acceptors (Lipinski definition) is 2. The van der Waals surface area contributed by atoms with Crippen LogP contribution in [0.5, 0.6) is 0 Å². The van der Waals surface area contributed by atoms with Crippen molar-refractivity contribution in [1.29, 1.82) is 0 Å². The first-order valence-corrected chi connectivity index (χ1v) is 5.85. The van der Waals surface area contributed by atoms with Crippen LogP contribution in [0, 0.1) is 5.92 Å². The van der Waals surface area contributed by atoms with Crippen molar-refractivity contribution in [2.45, 2.75) is 45.1 Å². The molecule has 0 saturated heterocycles. The van der Waals surface area contributed by atoms with Gasteiger partial charge in [-0.05, 0) is 43.6 Å². The average molecular weight is 204 g/mol. The van der Waals surface area contributed by atoms with Crippen LogP contribution in [0.3, 0.4) is 0 Å². The molecular weight excluding hydrogens is 188 g/mol. The zero-order valence-electron chi connectivity index (χ0n) is 9.07. The summed E-state index contributed by atoms with van der Waals surface area (Å²) in [5.41, 5.74) is 2.46. The molecule has 1 atom stereocenters. The van der Waals surface area contributed by atoms with E-state index < -0.39 is 0 Å². The van der Waals surface area contributed by atoms with Crippen molar-refractivity contribution >= 4 is 0 Å².